The maximum atomic E-state index is 12.1. The third-order valence-corrected chi connectivity index (χ3v) is 6.14. The Morgan fingerprint density at radius 1 is 1.40 bits per heavy atom. The van der Waals surface area contributed by atoms with Crippen LogP contribution < -0.4 is 5.73 Å². The number of fused-ring (bicyclic) bond motifs is 2. The van der Waals surface area contributed by atoms with Crippen molar-refractivity contribution in [2.45, 2.75) is 65.0 Å². The Morgan fingerprint density at radius 2 is 2.10 bits per heavy atom. The highest BCUT2D eigenvalue weighted by molar-refractivity contribution is 5.75. The van der Waals surface area contributed by atoms with Gasteiger partial charge in [0.05, 0.1) is 0 Å². The molecule has 0 amide bonds. The molecule has 2 bridgehead atoms. The Hall–Kier alpha value is -0.610. The van der Waals surface area contributed by atoms with Gasteiger partial charge in [0, 0.05) is 19.1 Å². The van der Waals surface area contributed by atoms with Crippen LogP contribution in [0.1, 0.15) is 52.9 Å². The minimum atomic E-state index is -0.518. The summed E-state index contributed by atoms with van der Waals surface area (Å²) in [5.41, 5.74) is 6.29. The molecule has 2 N–H and O–H groups in total. The normalized spacial score (nSPS) is 36.0. The van der Waals surface area contributed by atoms with E-state index >= 15 is 0 Å². The van der Waals surface area contributed by atoms with Gasteiger partial charge >= 0.3 is 5.97 Å². The van der Waals surface area contributed by atoms with E-state index in [4.69, 9.17) is 15.2 Å². The molecule has 0 radical (unpaired) electrons. The van der Waals surface area contributed by atoms with E-state index in [2.05, 4.69) is 20.8 Å². The summed E-state index contributed by atoms with van der Waals surface area (Å²) in [6, 6.07) is -0.518. The molecule has 0 aromatic rings. The van der Waals surface area contributed by atoms with Crippen LogP contribution in [0, 0.1) is 16.7 Å². The summed E-state index contributed by atoms with van der Waals surface area (Å²) < 4.78 is 10.8. The van der Waals surface area contributed by atoms with Crippen molar-refractivity contribution in [1.82, 2.24) is 0 Å². The lowest BCUT2D eigenvalue weighted by Gasteiger charge is -2.38. The summed E-state index contributed by atoms with van der Waals surface area (Å²) in [5, 5.41) is 0. The molecule has 0 aromatic carbocycles. The molecule has 2 fully saturated rings. The lowest BCUT2D eigenvalue weighted by atomic mass is 9.70. The number of hydrogen-bond acceptors (Lipinski definition) is 4. The van der Waals surface area contributed by atoms with Gasteiger partial charge in [0.1, 0.15) is 12.1 Å². The second-order valence-electron chi connectivity index (χ2n) is 7.28. The van der Waals surface area contributed by atoms with Crippen molar-refractivity contribution in [1.29, 1.82) is 0 Å². The second-order valence-corrected chi connectivity index (χ2v) is 7.28. The first-order valence-electron chi connectivity index (χ1n) is 7.78. The molecule has 2 aliphatic rings. The topological polar surface area (TPSA) is 61.5 Å². The molecule has 4 heteroatoms. The zero-order valence-electron chi connectivity index (χ0n) is 13.3. The molecular formula is C16H29NO3. The number of ether oxygens (including phenoxy) is 2. The summed E-state index contributed by atoms with van der Waals surface area (Å²) in [4.78, 5) is 12.1. The van der Waals surface area contributed by atoms with E-state index in [1.807, 2.05) is 0 Å². The van der Waals surface area contributed by atoms with Gasteiger partial charge in [-0.1, -0.05) is 20.8 Å². The molecule has 20 heavy (non-hydrogen) atoms. The number of nitrogens with two attached hydrogens (primary N) is 1. The molecule has 116 valence electrons. The van der Waals surface area contributed by atoms with Crippen LogP contribution in [-0.4, -0.2) is 31.8 Å². The Bertz CT molecular complexity index is 369. The van der Waals surface area contributed by atoms with Crippen molar-refractivity contribution in [3.05, 3.63) is 0 Å². The SMILES string of the molecule is COCCCC(N)C(=O)OC1CC2CCC1(C)C2(C)C. The van der Waals surface area contributed by atoms with Crippen molar-refractivity contribution in [2.24, 2.45) is 22.5 Å². The third kappa shape index (κ3) is 2.48. The molecule has 4 atom stereocenters. The fourth-order valence-electron chi connectivity index (χ4n) is 4.10. The van der Waals surface area contributed by atoms with Crippen molar-refractivity contribution < 1.29 is 14.3 Å². The molecule has 0 saturated heterocycles. The van der Waals surface area contributed by atoms with Gasteiger partial charge in [0.15, 0.2) is 0 Å². The lowest BCUT2D eigenvalue weighted by Crippen LogP contribution is -2.42. The molecule has 0 aliphatic heterocycles. The van der Waals surface area contributed by atoms with E-state index in [9.17, 15) is 4.79 Å². The molecule has 2 aliphatic carbocycles. The van der Waals surface area contributed by atoms with E-state index in [-0.39, 0.29) is 22.9 Å². The molecule has 4 nitrogen and oxygen atoms in total. The summed E-state index contributed by atoms with van der Waals surface area (Å²) in [6.07, 6.45) is 4.88. The van der Waals surface area contributed by atoms with Crippen LogP contribution in [0.4, 0.5) is 0 Å². The number of methoxy groups -OCH3 is 1. The number of carbonyl (C=O) groups is 1. The van der Waals surface area contributed by atoms with Gasteiger partial charge in [-0.2, -0.15) is 0 Å². The number of esters is 1. The van der Waals surface area contributed by atoms with Crippen molar-refractivity contribution >= 4 is 5.97 Å². The van der Waals surface area contributed by atoms with Crippen LogP contribution in [0.25, 0.3) is 0 Å². The van der Waals surface area contributed by atoms with Crippen LogP contribution in [0.5, 0.6) is 0 Å². The monoisotopic (exact) mass is 283 g/mol. The molecule has 0 aromatic heterocycles. The minimum Gasteiger partial charge on any atom is -0.461 e. The maximum Gasteiger partial charge on any atom is 0.323 e. The van der Waals surface area contributed by atoms with Crippen LogP contribution in [0.2, 0.25) is 0 Å². The smallest absolute Gasteiger partial charge is 0.323 e. The molecule has 0 heterocycles. The van der Waals surface area contributed by atoms with Gasteiger partial charge in [0.2, 0.25) is 0 Å². The Balaban J connectivity index is 1.90. The first-order chi connectivity index (χ1) is 9.33. The standard InChI is InChI=1S/C16H29NO3/c1-15(2)11-7-8-16(15,3)13(10-11)20-14(18)12(17)6-5-9-19-4/h11-13H,5-10,17H2,1-4H3. The Morgan fingerprint density at radius 3 is 2.60 bits per heavy atom. The Labute approximate surface area is 122 Å². The first-order valence-corrected chi connectivity index (χ1v) is 7.78. The highest BCUT2D eigenvalue weighted by Gasteiger charge is 2.62. The number of hydrogen-bond donors (Lipinski definition) is 1. The predicted molar refractivity (Wildman–Crippen MR) is 78.2 cm³/mol. The zero-order valence-corrected chi connectivity index (χ0v) is 13.3. The number of carbonyl (C=O) groups excluding carboxylic acids is 1. The first kappa shape index (κ1) is 15.8. The fourth-order valence-corrected chi connectivity index (χ4v) is 4.10. The molecule has 2 rings (SSSR count). The maximum absolute atomic E-state index is 12.1. The van der Waals surface area contributed by atoms with Gasteiger partial charge < -0.3 is 15.2 Å². The van der Waals surface area contributed by atoms with Crippen LogP contribution in [0.3, 0.4) is 0 Å². The van der Waals surface area contributed by atoms with Gasteiger partial charge in [-0.3, -0.25) is 4.79 Å². The minimum absolute atomic E-state index is 0.0391. The van der Waals surface area contributed by atoms with Crippen LogP contribution >= 0.6 is 0 Å². The van der Waals surface area contributed by atoms with Gasteiger partial charge in [-0.25, -0.2) is 0 Å². The molecule has 2 saturated carbocycles. The van der Waals surface area contributed by atoms with E-state index in [0.717, 1.165) is 19.3 Å². The van der Waals surface area contributed by atoms with Crippen molar-refractivity contribution in [3.63, 3.8) is 0 Å². The second kappa shape index (κ2) is 5.64. The molecular weight excluding hydrogens is 254 g/mol. The highest BCUT2D eigenvalue weighted by atomic mass is 16.5. The predicted octanol–water partition coefficient (Wildman–Crippen LogP) is 2.50. The van der Waals surface area contributed by atoms with Crippen LogP contribution in [-0.2, 0) is 14.3 Å². The van der Waals surface area contributed by atoms with Crippen LogP contribution in [0.15, 0.2) is 0 Å². The molecule has 0 spiro atoms. The fraction of sp³-hybridized carbons (Fsp3) is 0.938. The largest absolute Gasteiger partial charge is 0.461 e. The summed E-state index contributed by atoms with van der Waals surface area (Å²) in [6.45, 7) is 7.54. The van der Waals surface area contributed by atoms with E-state index in [0.29, 0.717) is 18.9 Å². The summed E-state index contributed by atoms with van der Waals surface area (Å²) in [7, 11) is 1.65. The number of rotatable bonds is 6. The van der Waals surface area contributed by atoms with E-state index < -0.39 is 6.04 Å². The molecule has 4 unspecified atom stereocenters. The third-order valence-electron chi connectivity index (χ3n) is 6.14. The van der Waals surface area contributed by atoms with E-state index in [1.54, 1.807) is 7.11 Å². The summed E-state index contributed by atoms with van der Waals surface area (Å²) >= 11 is 0. The van der Waals surface area contributed by atoms with E-state index in [1.165, 1.54) is 6.42 Å². The lowest BCUT2D eigenvalue weighted by molar-refractivity contribution is -0.158. The zero-order chi connectivity index (χ0) is 15.0. The van der Waals surface area contributed by atoms with Crippen molar-refractivity contribution in [2.75, 3.05) is 13.7 Å². The quantitative estimate of drug-likeness (QED) is 0.601. The van der Waals surface area contributed by atoms with Gasteiger partial charge in [0.25, 0.3) is 0 Å². The van der Waals surface area contributed by atoms with Gasteiger partial charge in [-0.15, -0.1) is 0 Å². The summed E-state index contributed by atoms with van der Waals surface area (Å²) in [5.74, 6) is 0.436. The van der Waals surface area contributed by atoms with Crippen molar-refractivity contribution in [3.8, 4) is 0 Å². The average Bonchev–Trinajstić information content (AvgIpc) is 2.72. The Kier molecular flexibility index (Phi) is 4.45. The average molecular weight is 283 g/mol. The highest BCUT2D eigenvalue weighted by Crippen LogP contribution is 2.66. The van der Waals surface area contributed by atoms with Gasteiger partial charge in [-0.05, 0) is 43.4 Å².